The van der Waals surface area contributed by atoms with Crippen molar-refractivity contribution in [3.05, 3.63) is 42.5 Å². The fourth-order valence-electron chi connectivity index (χ4n) is 2.83. The first-order valence-corrected chi connectivity index (χ1v) is 9.47. The minimum Gasteiger partial charge on any atom is -0.491 e. The summed E-state index contributed by atoms with van der Waals surface area (Å²) in [6.07, 6.45) is 1.05. The van der Waals surface area contributed by atoms with Crippen LogP contribution >= 0.6 is 24.0 Å². The Hall–Kier alpha value is -1.58. The number of guanidine groups is 1. The number of hydrogen-bond donors (Lipinski definition) is 2. The van der Waals surface area contributed by atoms with Crippen LogP contribution in [0.4, 0.5) is 0 Å². The summed E-state index contributed by atoms with van der Waals surface area (Å²) >= 11 is 0. The minimum absolute atomic E-state index is 0. The average molecular weight is 500 g/mol. The van der Waals surface area contributed by atoms with Gasteiger partial charge in [-0.2, -0.15) is 0 Å². The van der Waals surface area contributed by atoms with Gasteiger partial charge in [0.2, 0.25) is 0 Å². The lowest BCUT2D eigenvalue weighted by molar-refractivity contribution is 0.180. The maximum Gasteiger partial charge on any atom is 0.191 e. The highest BCUT2D eigenvalue weighted by atomic mass is 127. The number of aliphatic imine (C=N–C) groups is 1. The van der Waals surface area contributed by atoms with Crippen molar-refractivity contribution in [2.75, 3.05) is 60.6 Å². The maximum atomic E-state index is 5.95. The Morgan fingerprint density at radius 1 is 1.00 bits per heavy atom. The van der Waals surface area contributed by atoms with Gasteiger partial charge in [-0.05, 0) is 24.9 Å². The molecule has 0 heterocycles. The molecule has 0 atom stereocenters. The predicted octanol–water partition coefficient (Wildman–Crippen LogP) is 2.97. The van der Waals surface area contributed by atoms with Gasteiger partial charge in [0.25, 0.3) is 0 Å². The fourth-order valence-corrected chi connectivity index (χ4v) is 2.83. The molecular weight excluding hydrogens is 467 g/mol. The highest BCUT2D eigenvalue weighted by molar-refractivity contribution is 14.0. The van der Waals surface area contributed by atoms with E-state index in [1.165, 1.54) is 5.39 Å². The molecule has 2 N–H and O–H groups in total. The van der Waals surface area contributed by atoms with Crippen LogP contribution in [-0.2, 0) is 4.74 Å². The molecule has 0 unspecified atom stereocenters. The lowest BCUT2D eigenvalue weighted by Gasteiger charge is -2.18. The number of nitrogens with one attached hydrogen (secondary N) is 2. The summed E-state index contributed by atoms with van der Waals surface area (Å²) in [5.74, 6) is 1.71. The van der Waals surface area contributed by atoms with Gasteiger partial charge < -0.3 is 25.0 Å². The van der Waals surface area contributed by atoms with Crippen LogP contribution in [0.5, 0.6) is 5.75 Å². The van der Waals surface area contributed by atoms with Crippen molar-refractivity contribution in [3.63, 3.8) is 0 Å². The lowest BCUT2D eigenvalue weighted by atomic mass is 10.1. The first-order chi connectivity index (χ1) is 13.2. The maximum absolute atomic E-state index is 5.95. The zero-order chi connectivity index (χ0) is 19.3. The molecule has 2 rings (SSSR count). The van der Waals surface area contributed by atoms with Crippen molar-refractivity contribution < 1.29 is 9.47 Å². The number of methoxy groups -OCH3 is 1. The monoisotopic (exact) mass is 500 g/mol. The van der Waals surface area contributed by atoms with Crippen molar-refractivity contribution in [2.24, 2.45) is 4.99 Å². The Bertz CT molecular complexity index is 706. The van der Waals surface area contributed by atoms with E-state index < -0.39 is 0 Å². The van der Waals surface area contributed by atoms with Crippen molar-refractivity contribution in [1.82, 2.24) is 15.5 Å². The zero-order valence-corrected chi connectivity index (χ0v) is 19.4. The quantitative estimate of drug-likeness (QED) is 0.215. The lowest BCUT2D eigenvalue weighted by Crippen LogP contribution is -2.42. The third-order valence-electron chi connectivity index (χ3n) is 4.30. The zero-order valence-electron chi connectivity index (χ0n) is 17.1. The normalized spacial score (nSPS) is 11.4. The molecule has 0 spiro atoms. The molecule has 0 amide bonds. The van der Waals surface area contributed by atoms with E-state index in [1.54, 1.807) is 14.2 Å². The number of ether oxygens (including phenoxy) is 2. The van der Waals surface area contributed by atoms with Gasteiger partial charge in [-0.1, -0.05) is 36.4 Å². The summed E-state index contributed by atoms with van der Waals surface area (Å²) < 4.78 is 11.0. The molecule has 6 nitrogen and oxygen atoms in total. The fraction of sp³-hybridized carbons (Fsp3) is 0.476. The van der Waals surface area contributed by atoms with Crippen molar-refractivity contribution in [2.45, 2.75) is 6.42 Å². The van der Waals surface area contributed by atoms with Gasteiger partial charge in [0.15, 0.2) is 5.96 Å². The second kappa shape index (κ2) is 14.4. The number of hydrogen-bond acceptors (Lipinski definition) is 4. The predicted molar refractivity (Wildman–Crippen MR) is 128 cm³/mol. The Morgan fingerprint density at radius 3 is 2.54 bits per heavy atom. The number of nitrogens with zero attached hydrogens (tertiary/aromatic N) is 2. The summed E-state index contributed by atoms with van der Waals surface area (Å²) in [6, 6.07) is 14.4. The molecule has 0 fully saturated rings. The van der Waals surface area contributed by atoms with Crippen LogP contribution in [-0.4, -0.2) is 71.5 Å². The summed E-state index contributed by atoms with van der Waals surface area (Å²) in [5.41, 5.74) is 0. The molecule has 0 aliphatic rings. The van der Waals surface area contributed by atoms with Gasteiger partial charge >= 0.3 is 0 Å². The van der Waals surface area contributed by atoms with E-state index in [0.717, 1.165) is 49.8 Å². The molecule has 156 valence electrons. The molecule has 2 aromatic carbocycles. The van der Waals surface area contributed by atoms with Crippen LogP contribution in [0.25, 0.3) is 10.8 Å². The third kappa shape index (κ3) is 8.62. The van der Waals surface area contributed by atoms with Crippen LogP contribution in [0.1, 0.15) is 6.42 Å². The van der Waals surface area contributed by atoms with Crippen LogP contribution in [0.2, 0.25) is 0 Å². The smallest absolute Gasteiger partial charge is 0.191 e. The average Bonchev–Trinajstić information content (AvgIpc) is 2.70. The highest BCUT2D eigenvalue weighted by Crippen LogP contribution is 2.24. The Labute approximate surface area is 185 Å². The van der Waals surface area contributed by atoms with E-state index in [1.807, 2.05) is 24.3 Å². The number of halogens is 1. The Morgan fingerprint density at radius 2 is 1.75 bits per heavy atom. The molecule has 7 heteroatoms. The van der Waals surface area contributed by atoms with E-state index in [4.69, 9.17) is 9.47 Å². The molecule has 0 saturated heterocycles. The molecule has 0 radical (unpaired) electrons. The summed E-state index contributed by atoms with van der Waals surface area (Å²) in [5, 5.41) is 8.95. The largest absolute Gasteiger partial charge is 0.491 e. The summed E-state index contributed by atoms with van der Waals surface area (Å²) in [7, 11) is 5.63. The third-order valence-corrected chi connectivity index (χ3v) is 4.30. The Balaban J connectivity index is 0.00000392. The van der Waals surface area contributed by atoms with E-state index in [-0.39, 0.29) is 24.0 Å². The molecule has 0 bridgehead atoms. The van der Waals surface area contributed by atoms with Crippen LogP contribution in [0, 0.1) is 0 Å². The van der Waals surface area contributed by atoms with E-state index in [0.29, 0.717) is 13.2 Å². The van der Waals surface area contributed by atoms with Gasteiger partial charge in [-0.15, -0.1) is 24.0 Å². The van der Waals surface area contributed by atoms with Gasteiger partial charge in [-0.3, -0.25) is 4.99 Å². The molecule has 0 aliphatic carbocycles. The van der Waals surface area contributed by atoms with E-state index >= 15 is 0 Å². The van der Waals surface area contributed by atoms with E-state index in [2.05, 4.69) is 45.8 Å². The SMILES string of the molecule is CN=C(NCCOc1cccc2ccccc12)NCCN(C)CCCOC.I. The standard InChI is InChI=1S/C21H32N4O2.HI/c1-22-21(23-12-15-25(2)14-7-16-26-3)24-13-17-27-20-11-6-9-18-8-4-5-10-19(18)20;/h4-6,8-11H,7,12-17H2,1-3H3,(H2,22,23,24);1H. The van der Waals surface area contributed by atoms with Crippen LogP contribution in [0.15, 0.2) is 47.5 Å². The second-order valence-corrected chi connectivity index (χ2v) is 6.40. The van der Waals surface area contributed by atoms with Gasteiger partial charge in [0.05, 0.1) is 6.54 Å². The minimum atomic E-state index is 0. The molecule has 0 aromatic heterocycles. The number of likely N-dealkylation sites (N-methyl/N-ethyl adjacent to an activating group) is 1. The van der Waals surface area contributed by atoms with Gasteiger partial charge in [0.1, 0.15) is 12.4 Å². The van der Waals surface area contributed by atoms with Gasteiger partial charge in [0, 0.05) is 45.8 Å². The van der Waals surface area contributed by atoms with Crippen LogP contribution < -0.4 is 15.4 Å². The highest BCUT2D eigenvalue weighted by Gasteiger charge is 2.03. The van der Waals surface area contributed by atoms with Gasteiger partial charge in [-0.25, -0.2) is 0 Å². The Kier molecular flexibility index (Phi) is 12.6. The molecule has 2 aromatic rings. The summed E-state index contributed by atoms with van der Waals surface area (Å²) in [6.45, 7) is 4.89. The molecule has 0 saturated carbocycles. The van der Waals surface area contributed by atoms with Crippen molar-refractivity contribution in [3.8, 4) is 5.75 Å². The first-order valence-electron chi connectivity index (χ1n) is 9.47. The number of fused-ring (bicyclic) bond motifs is 1. The number of rotatable bonds is 11. The van der Waals surface area contributed by atoms with E-state index in [9.17, 15) is 0 Å². The van der Waals surface area contributed by atoms with Crippen molar-refractivity contribution in [1.29, 1.82) is 0 Å². The molecule has 0 aliphatic heterocycles. The second-order valence-electron chi connectivity index (χ2n) is 6.40. The molecular formula is C21H33IN4O2. The number of benzene rings is 2. The summed E-state index contributed by atoms with van der Waals surface area (Å²) in [4.78, 5) is 6.54. The topological polar surface area (TPSA) is 58.1 Å². The first kappa shape index (κ1) is 24.5. The van der Waals surface area contributed by atoms with Crippen LogP contribution in [0.3, 0.4) is 0 Å². The molecule has 28 heavy (non-hydrogen) atoms. The van der Waals surface area contributed by atoms with Crippen molar-refractivity contribution >= 4 is 40.7 Å².